The van der Waals surface area contributed by atoms with Crippen molar-refractivity contribution in [1.82, 2.24) is 10.0 Å². The fourth-order valence-electron chi connectivity index (χ4n) is 1.85. The van der Waals surface area contributed by atoms with E-state index >= 15 is 0 Å². The third kappa shape index (κ3) is 3.69. The summed E-state index contributed by atoms with van der Waals surface area (Å²) in [6.07, 6.45) is 4.20. The summed E-state index contributed by atoms with van der Waals surface area (Å²) in [5.41, 5.74) is 0. The van der Waals surface area contributed by atoms with Crippen LogP contribution in [0, 0.1) is 0 Å². The second-order valence-electron chi connectivity index (χ2n) is 4.69. The van der Waals surface area contributed by atoms with Crippen LogP contribution < -0.4 is 10.0 Å². The summed E-state index contributed by atoms with van der Waals surface area (Å²) in [5.74, 6) is 0.178. The lowest BCUT2D eigenvalue weighted by Crippen LogP contribution is -2.48. The van der Waals surface area contributed by atoms with Crippen molar-refractivity contribution in [3.8, 4) is 0 Å². The molecule has 2 fully saturated rings. The standard InChI is InChI=1S/C10H20N2O3S/c1-15-10-6-9(7-10)12-16(13,14)5-4-11-8-2-3-8/h8-12H,2-7H2,1H3. The van der Waals surface area contributed by atoms with Crippen LogP contribution in [-0.2, 0) is 14.8 Å². The highest BCUT2D eigenvalue weighted by Gasteiger charge is 2.32. The Morgan fingerprint density at radius 2 is 1.94 bits per heavy atom. The lowest BCUT2D eigenvalue weighted by atomic mass is 9.90. The predicted molar refractivity (Wildman–Crippen MR) is 61.8 cm³/mol. The molecular weight excluding hydrogens is 228 g/mol. The molecule has 0 saturated heterocycles. The Morgan fingerprint density at radius 3 is 2.50 bits per heavy atom. The lowest BCUT2D eigenvalue weighted by Gasteiger charge is -2.34. The van der Waals surface area contributed by atoms with E-state index in [0.29, 0.717) is 12.6 Å². The van der Waals surface area contributed by atoms with Gasteiger partial charge in [0.2, 0.25) is 10.0 Å². The highest BCUT2D eigenvalue weighted by atomic mass is 32.2. The molecule has 5 nitrogen and oxygen atoms in total. The van der Waals surface area contributed by atoms with Gasteiger partial charge >= 0.3 is 0 Å². The maximum absolute atomic E-state index is 11.6. The van der Waals surface area contributed by atoms with E-state index in [4.69, 9.17) is 4.74 Å². The van der Waals surface area contributed by atoms with Gasteiger partial charge in [-0.25, -0.2) is 13.1 Å². The molecule has 0 amide bonds. The minimum absolute atomic E-state index is 0.0795. The van der Waals surface area contributed by atoms with Crippen LogP contribution in [-0.4, -0.2) is 46.0 Å². The minimum Gasteiger partial charge on any atom is -0.381 e. The lowest BCUT2D eigenvalue weighted by molar-refractivity contribution is 0.0236. The van der Waals surface area contributed by atoms with Crippen molar-refractivity contribution in [3.63, 3.8) is 0 Å². The Bertz CT molecular complexity index is 321. The highest BCUT2D eigenvalue weighted by molar-refractivity contribution is 7.89. The topological polar surface area (TPSA) is 67.4 Å². The van der Waals surface area contributed by atoms with Gasteiger partial charge in [-0.05, 0) is 25.7 Å². The number of hydrogen-bond acceptors (Lipinski definition) is 4. The summed E-state index contributed by atoms with van der Waals surface area (Å²) >= 11 is 0. The van der Waals surface area contributed by atoms with Gasteiger partial charge in [-0.3, -0.25) is 0 Å². The average Bonchev–Trinajstić information content (AvgIpc) is 2.94. The SMILES string of the molecule is COC1CC(NS(=O)(=O)CCNC2CC2)C1. The van der Waals surface area contributed by atoms with Crippen LogP contribution in [0.4, 0.5) is 0 Å². The third-order valence-corrected chi connectivity index (χ3v) is 4.59. The molecule has 2 aliphatic rings. The summed E-state index contributed by atoms with van der Waals surface area (Å²) in [7, 11) is -1.45. The monoisotopic (exact) mass is 248 g/mol. The molecule has 2 N–H and O–H groups in total. The molecule has 0 unspecified atom stereocenters. The molecule has 6 heteroatoms. The number of rotatable bonds is 7. The number of hydrogen-bond donors (Lipinski definition) is 2. The minimum atomic E-state index is -3.11. The van der Waals surface area contributed by atoms with Crippen LogP contribution in [0.15, 0.2) is 0 Å². The first kappa shape index (κ1) is 12.3. The van der Waals surface area contributed by atoms with Crippen molar-refractivity contribution in [1.29, 1.82) is 0 Å². The summed E-state index contributed by atoms with van der Waals surface area (Å²) < 4.78 is 31.1. The van der Waals surface area contributed by atoms with Crippen molar-refractivity contribution in [2.75, 3.05) is 19.4 Å². The van der Waals surface area contributed by atoms with Crippen LogP contribution in [0.1, 0.15) is 25.7 Å². The smallest absolute Gasteiger partial charge is 0.213 e. The molecule has 2 rings (SSSR count). The number of nitrogens with one attached hydrogen (secondary N) is 2. The molecule has 0 bridgehead atoms. The second-order valence-corrected chi connectivity index (χ2v) is 6.56. The summed E-state index contributed by atoms with van der Waals surface area (Å²) in [6, 6.07) is 0.646. The van der Waals surface area contributed by atoms with E-state index in [1.807, 2.05) is 0 Å². The number of sulfonamides is 1. The van der Waals surface area contributed by atoms with E-state index in [1.54, 1.807) is 7.11 Å². The predicted octanol–water partition coefficient (Wildman–Crippen LogP) is -0.165. The van der Waals surface area contributed by atoms with E-state index in [-0.39, 0.29) is 17.9 Å². The molecule has 0 heterocycles. The van der Waals surface area contributed by atoms with E-state index in [9.17, 15) is 8.42 Å². The number of methoxy groups -OCH3 is 1. The number of ether oxygens (including phenoxy) is 1. The van der Waals surface area contributed by atoms with E-state index in [2.05, 4.69) is 10.0 Å². The fraction of sp³-hybridized carbons (Fsp3) is 1.00. The zero-order valence-corrected chi connectivity index (χ0v) is 10.4. The zero-order chi connectivity index (χ0) is 11.6. The van der Waals surface area contributed by atoms with Crippen molar-refractivity contribution in [2.45, 2.75) is 43.9 Å². The average molecular weight is 248 g/mol. The maximum Gasteiger partial charge on any atom is 0.213 e. The molecule has 94 valence electrons. The third-order valence-electron chi connectivity index (χ3n) is 3.16. The molecule has 0 spiro atoms. The van der Waals surface area contributed by atoms with Gasteiger partial charge in [0.15, 0.2) is 0 Å². The van der Waals surface area contributed by atoms with Crippen LogP contribution in [0.2, 0.25) is 0 Å². The summed E-state index contributed by atoms with van der Waals surface area (Å²) in [5, 5.41) is 3.20. The Labute approximate surface area is 97.0 Å². The van der Waals surface area contributed by atoms with Gasteiger partial charge in [0, 0.05) is 25.7 Å². The van der Waals surface area contributed by atoms with E-state index < -0.39 is 10.0 Å². The van der Waals surface area contributed by atoms with Gasteiger partial charge < -0.3 is 10.1 Å². The molecule has 0 aromatic heterocycles. The molecular formula is C10H20N2O3S. The van der Waals surface area contributed by atoms with Crippen LogP contribution in [0.3, 0.4) is 0 Å². The van der Waals surface area contributed by atoms with E-state index in [1.165, 1.54) is 12.8 Å². The fourth-order valence-corrected chi connectivity index (χ4v) is 3.06. The largest absolute Gasteiger partial charge is 0.381 e. The van der Waals surface area contributed by atoms with Crippen molar-refractivity contribution >= 4 is 10.0 Å². The van der Waals surface area contributed by atoms with Crippen molar-refractivity contribution in [2.24, 2.45) is 0 Å². The summed E-state index contributed by atoms with van der Waals surface area (Å²) in [4.78, 5) is 0. The van der Waals surface area contributed by atoms with E-state index in [0.717, 1.165) is 12.8 Å². The Hall–Kier alpha value is -0.170. The zero-order valence-electron chi connectivity index (χ0n) is 9.61. The first-order valence-electron chi connectivity index (χ1n) is 5.85. The maximum atomic E-state index is 11.6. The van der Waals surface area contributed by atoms with Gasteiger partial charge in [-0.1, -0.05) is 0 Å². The molecule has 0 aromatic rings. The normalized spacial score (nSPS) is 30.1. The first-order chi connectivity index (χ1) is 7.59. The second kappa shape index (κ2) is 5.00. The highest BCUT2D eigenvalue weighted by Crippen LogP contribution is 2.23. The van der Waals surface area contributed by atoms with Crippen molar-refractivity contribution in [3.05, 3.63) is 0 Å². The first-order valence-corrected chi connectivity index (χ1v) is 7.50. The van der Waals surface area contributed by atoms with Crippen LogP contribution in [0.25, 0.3) is 0 Å². The van der Waals surface area contributed by atoms with Crippen molar-refractivity contribution < 1.29 is 13.2 Å². The Morgan fingerprint density at radius 1 is 1.25 bits per heavy atom. The summed E-state index contributed by atoms with van der Waals surface area (Å²) in [6.45, 7) is 0.556. The molecule has 0 aliphatic heterocycles. The molecule has 16 heavy (non-hydrogen) atoms. The quantitative estimate of drug-likeness (QED) is 0.657. The van der Waals surface area contributed by atoms with Gasteiger partial charge in [0.1, 0.15) is 0 Å². The van der Waals surface area contributed by atoms with Crippen LogP contribution in [0.5, 0.6) is 0 Å². The Kier molecular flexibility index (Phi) is 3.84. The van der Waals surface area contributed by atoms with Gasteiger partial charge in [-0.2, -0.15) is 0 Å². The van der Waals surface area contributed by atoms with Gasteiger partial charge in [0.25, 0.3) is 0 Å². The molecule has 2 saturated carbocycles. The molecule has 0 atom stereocenters. The molecule has 0 radical (unpaired) electrons. The molecule has 0 aromatic carbocycles. The van der Waals surface area contributed by atoms with Crippen LogP contribution >= 0.6 is 0 Å². The van der Waals surface area contributed by atoms with Gasteiger partial charge in [-0.15, -0.1) is 0 Å². The molecule has 2 aliphatic carbocycles. The Balaban J connectivity index is 1.62. The van der Waals surface area contributed by atoms with Gasteiger partial charge in [0.05, 0.1) is 11.9 Å².